The van der Waals surface area contributed by atoms with Gasteiger partial charge in [-0.3, -0.25) is 9.59 Å². The van der Waals surface area contributed by atoms with Crippen molar-refractivity contribution in [2.45, 2.75) is 70.8 Å². The predicted molar refractivity (Wildman–Crippen MR) is 118 cm³/mol. The second-order valence-electron chi connectivity index (χ2n) is 10.7. The van der Waals surface area contributed by atoms with Crippen LogP contribution in [0.5, 0.6) is 0 Å². The molecule has 1 aliphatic heterocycles. The fourth-order valence-electron chi connectivity index (χ4n) is 8.13. The van der Waals surface area contributed by atoms with Gasteiger partial charge in [-0.25, -0.2) is 4.39 Å². The molecule has 4 nitrogen and oxygen atoms in total. The lowest BCUT2D eigenvalue weighted by atomic mass is 9.44. The highest BCUT2D eigenvalue weighted by Crippen LogP contribution is 2.72. The molecule has 3 saturated carbocycles. The van der Waals surface area contributed by atoms with Crippen LogP contribution in [0.15, 0.2) is 34.5 Å². The van der Waals surface area contributed by atoms with Crippen molar-refractivity contribution in [1.29, 1.82) is 0 Å². The zero-order chi connectivity index (χ0) is 22.6. The molecule has 0 bridgehead atoms. The Balaban J connectivity index is 1.62. The number of alkyl halides is 1. The number of aliphatic hydroxyl groups is 1. The highest BCUT2D eigenvalue weighted by molar-refractivity contribution is 8.03. The summed E-state index contributed by atoms with van der Waals surface area (Å²) in [6.45, 7) is 7.73. The Bertz CT molecular complexity index is 984. The van der Waals surface area contributed by atoms with Crippen LogP contribution in [-0.4, -0.2) is 40.3 Å². The van der Waals surface area contributed by atoms with Gasteiger partial charge < -0.3 is 9.84 Å². The molecule has 168 valence electrons. The third kappa shape index (κ3) is 2.21. The van der Waals surface area contributed by atoms with Crippen LogP contribution in [0.2, 0.25) is 0 Å². The van der Waals surface area contributed by atoms with Crippen LogP contribution in [0, 0.1) is 28.6 Å². The first-order chi connectivity index (χ1) is 14.5. The smallest absolute Gasteiger partial charge is 0.216 e. The topological polar surface area (TPSA) is 63.6 Å². The summed E-state index contributed by atoms with van der Waals surface area (Å²) in [7, 11) is 0. The monoisotopic (exact) mass is 446 g/mol. The van der Waals surface area contributed by atoms with Gasteiger partial charge in [0, 0.05) is 22.7 Å². The van der Waals surface area contributed by atoms with Crippen LogP contribution >= 0.6 is 11.8 Å². The van der Waals surface area contributed by atoms with Gasteiger partial charge in [-0.2, -0.15) is 0 Å². The molecule has 0 aromatic rings. The van der Waals surface area contributed by atoms with Crippen LogP contribution in [0.1, 0.15) is 53.4 Å². The lowest BCUT2D eigenvalue weighted by molar-refractivity contribution is -0.217. The number of thioether (sulfide) groups is 1. The lowest BCUT2D eigenvalue weighted by Gasteiger charge is -2.62. The second kappa shape index (κ2) is 6.34. The molecule has 0 saturated heterocycles. The van der Waals surface area contributed by atoms with Crippen LogP contribution in [-0.2, 0) is 14.3 Å². The Hall–Kier alpha value is -1.40. The molecule has 1 N–H and O–H groups in total. The number of aliphatic hydroxyl groups excluding tert-OH is 1. The average molecular weight is 447 g/mol. The summed E-state index contributed by atoms with van der Waals surface area (Å²) in [5.41, 5.74) is -3.82. The predicted octanol–water partition coefficient (Wildman–Crippen LogP) is 4.54. The van der Waals surface area contributed by atoms with E-state index in [4.69, 9.17) is 4.74 Å². The Kier molecular flexibility index (Phi) is 4.39. The van der Waals surface area contributed by atoms with E-state index in [0.29, 0.717) is 29.9 Å². The van der Waals surface area contributed by atoms with Gasteiger partial charge in [0.25, 0.3) is 0 Å². The summed E-state index contributed by atoms with van der Waals surface area (Å²) in [6, 6.07) is 0. The molecule has 1 heterocycles. The van der Waals surface area contributed by atoms with Crippen molar-refractivity contribution >= 4 is 23.3 Å². The summed E-state index contributed by atoms with van der Waals surface area (Å²) in [5.74, 6) is -0.0328. The van der Waals surface area contributed by atoms with Gasteiger partial charge in [-0.15, -0.1) is 11.8 Å². The number of ketones is 2. The third-order valence-corrected chi connectivity index (χ3v) is 10.4. The third-order valence-electron chi connectivity index (χ3n) is 9.56. The molecular weight excluding hydrogens is 415 g/mol. The second-order valence-corrected chi connectivity index (χ2v) is 11.5. The van der Waals surface area contributed by atoms with Gasteiger partial charge in [-0.1, -0.05) is 25.5 Å². The van der Waals surface area contributed by atoms with E-state index in [1.165, 1.54) is 17.8 Å². The number of allylic oxidation sites excluding steroid dienone is 5. The molecular formula is C25H31FO4S. The number of fused-ring (bicyclic) bond motifs is 6. The Morgan fingerprint density at radius 1 is 1.26 bits per heavy atom. The number of carbonyl (C=O) groups is 2. The van der Waals surface area contributed by atoms with E-state index in [9.17, 15) is 14.7 Å². The summed E-state index contributed by atoms with van der Waals surface area (Å²) in [6.07, 6.45) is 7.35. The number of rotatable bonds is 1. The maximum absolute atomic E-state index is 17.2. The highest BCUT2D eigenvalue weighted by atomic mass is 32.2. The quantitative estimate of drug-likeness (QED) is 0.641. The molecule has 31 heavy (non-hydrogen) atoms. The van der Waals surface area contributed by atoms with Crippen molar-refractivity contribution < 1.29 is 23.8 Å². The fourth-order valence-corrected chi connectivity index (χ4v) is 8.80. The van der Waals surface area contributed by atoms with Gasteiger partial charge >= 0.3 is 0 Å². The summed E-state index contributed by atoms with van der Waals surface area (Å²) in [4.78, 5) is 26.3. The number of Topliss-reactive ketones (excluding diaryl/α,β-unsaturated/α-hetero) is 1. The zero-order valence-corrected chi connectivity index (χ0v) is 19.6. The largest absolute Gasteiger partial charge is 0.482 e. The molecule has 0 aromatic heterocycles. The number of hydrogen-bond acceptors (Lipinski definition) is 5. The maximum Gasteiger partial charge on any atom is 0.216 e. The molecule has 3 fully saturated rings. The molecule has 5 aliphatic rings. The van der Waals surface area contributed by atoms with E-state index in [1.54, 1.807) is 12.2 Å². The zero-order valence-electron chi connectivity index (χ0n) is 18.8. The Morgan fingerprint density at radius 2 is 1.97 bits per heavy atom. The first-order valence-corrected chi connectivity index (χ1v) is 12.5. The van der Waals surface area contributed by atoms with Gasteiger partial charge in [0.05, 0.1) is 11.0 Å². The van der Waals surface area contributed by atoms with Crippen molar-refractivity contribution in [3.63, 3.8) is 0 Å². The van der Waals surface area contributed by atoms with Crippen molar-refractivity contribution in [1.82, 2.24) is 0 Å². The minimum atomic E-state index is -1.88. The molecule has 8 atom stereocenters. The van der Waals surface area contributed by atoms with Crippen molar-refractivity contribution in [3.05, 3.63) is 34.5 Å². The average Bonchev–Trinajstić information content (AvgIpc) is 3.09. The number of ether oxygens (including phenoxy) is 1. The highest BCUT2D eigenvalue weighted by Gasteiger charge is 2.78. The molecule has 0 aromatic carbocycles. The van der Waals surface area contributed by atoms with Crippen LogP contribution in [0.4, 0.5) is 4.39 Å². The number of halogens is 1. The SMILES string of the molecule is CSC1=C(C)OC2(C1=O)[C@@H](C)C[C@H]1[C@@H]3CCC4=CC(=O)C=C[C@]4(C)[C@@]3(F)[C@@H](O)C[C@@]12C. The van der Waals surface area contributed by atoms with E-state index in [1.807, 2.05) is 34.0 Å². The maximum atomic E-state index is 17.2. The van der Waals surface area contributed by atoms with E-state index in [2.05, 4.69) is 0 Å². The summed E-state index contributed by atoms with van der Waals surface area (Å²) >= 11 is 1.41. The van der Waals surface area contributed by atoms with Gasteiger partial charge in [0.2, 0.25) is 5.78 Å². The molecule has 1 spiro atoms. The molecule has 6 heteroatoms. The van der Waals surface area contributed by atoms with Gasteiger partial charge in [-0.05, 0) is 63.9 Å². The number of hydrogen-bond donors (Lipinski definition) is 1. The van der Waals surface area contributed by atoms with E-state index in [0.717, 1.165) is 5.57 Å². The van der Waals surface area contributed by atoms with Crippen LogP contribution in [0.25, 0.3) is 0 Å². The van der Waals surface area contributed by atoms with Gasteiger partial charge in [0.1, 0.15) is 5.76 Å². The summed E-state index contributed by atoms with van der Waals surface area (Å²) < 4.78 is 23.6. The van der Waals surface area contributed by atoms with Crippen molar-refractivity contribution in [2.24, 2.45) is 28.6 Å². The molecule has 0 amide bonds. The molecule has 0 radical (unpaired) electrons. The number of carbonyl (C=O) groups excluding carboxylic acids is 2. The van der Waals surface area contributed by atoms with Crippen molar-refractivity contribution in [3.8, 4) is 0 Å². The normalized spacial score (nSPS) is 50.9. The Morgan fingerprint density at radius 3 is 2.61 bits per heavy atom. The fraction of sp³-hybridized carbons (Fsp3) is 0.680. The standard InChI is InChI=1S/C25H31FO4S/c1-13-10-18-17-7-6-15-11-16(27)8-9-22(15,3)24(17,26)19(28)12-23(18,4)25(13)21(29)20(31-5)14(2)30-25/h8-9,11,13,17-19,28H,6-7,10,12H2,1-5H3/t13-,17-,18-,19-,22-,23-,24-,25?/m0/s1. The van der Waals surface area contributed by atoms with Gasteiger partial charge in [0.15, 0.2) is 17.1 Å². The molecule has 5 rings (SSSR count). The first kappa shape index (κ1) is 21.4. The van der Waals surface area contributed by atoms with E-state index in [-0.39, 0.29) is 29.8 Å². The van der Waals surface area contributed by atoms with E-state index < -0.39 is 34.1 Å². The van der Waals surface area contributed by atoms with Crippen LogP contribution < -0.4 is 0 Å². The minimum absolute atomic E-state index is 0.000627. The van der Waals surface area contributed by atoms with Crippen LogP contribution in [0.3, 0.4) is 0 Å². The molecule has 4 aliphatic carbocycles. The summed E-state index contributed by atoms with van der Waals surface area (Å²) in [5, 5.41) is 11.4. The van der Waals surface area contributed by atoms with E-state index >= 15 is 4.39 Å². The van der Waals surface area contributed by atoms with Crippen molar-refractivity contribution in [2.75, 3.05) is 6.26 Å². The minimum Gasteiger partial charge on any atom is -0.482 e. The first-order valence-electron chi connectivity index (χ1n) is 11.3. The lowest BCUT2D eigenvalue weighted by Crippen LogP contribution is -2.69. The Labute approximate surface area is 187 Å². The molecule has 1 unspecified atom stereocenters.